The summed E-state index contributed by atoms with van der Waals surface area (Å²) in [6.45, 7) is 2.82. The van der Waals surface area contributed by atoms with Crippen LogP contribution in [0.5, 0.6) is 0 Å². The molecule has 0 aliphatic carbocycles. The first-order chi connectivity index (χ1) is 8.60. The van der Waals surface area contributed by atoms with Gasteiger partial charge in [-0.05, 0) is 18.8 Å². The fraction of sp³-hybridized carbons (Fsp3) is 0.692. The van der Waals surface area contributed by atoms with Gasteiger partial charge < -0.3 is 15.7 Å². The van der Waals surface area contributed by atoms with Crippen LogP contribution in [0, 0.1) is 18.3 Å². The molecule has 5 nitrogen and oxygen atoms in total. The van der Waals surface area contributed by atoms with Gasteiger partial charge in [0.2, 0.25) is 0 Å². The Balaban J connectivity index is 3.78. The molecule has 102 valence electrons. The van der Waals surface area contributed by atoms with Gasteiger partial charge >= 0.3 is 12.0 Å². The van der Waals surface area contributed by atoms with E-state index in [-0.39, 0.29) is 19.0 Å². The SMILES string of the molecule is C#CCNC(=O)NCCC(CCC)CCC(=O)O. The second-order valence-corrected chi connectivity index (χ2v) is 4.19. The van der Waals surface area contributed by atoms with Gasteiger partial charge in [0.15, 0.2) is 0 Å². The largest absolute Gasteiger partial charge is 0.481 e. The highest BCUT2D eigenvalue weighted by molar-refractivity contribution is 5.74. The Kier molecular flexibility index (Phi) is 9.47. The molecule has 5 heteroatoms. The van der Waals surface area contributed by atoms with E-state index in [1.807, 2.05) is 0 Å². The molecule has 3 N–H and O–H groups in total. The van der Waals surface area contributed by atoms with Crippen molar-refractivity contribution in [3.63, 3.8) is 0 Å². The van der Waals surface area contributed by atoms with Crippen LogP contribution in [0.25, 0.3) is 0 Å². The summed E-state index contributed by atoms with van der Waals surface area (Å²) in [5.74, 6) is 1.89. The fourth-order valence-corrected chi connectivity index (χ4v) is 1.75. The summed E-state index contributed by atoms with van der Waals surface area (Å²) in [6, 6.07) is -0.276. The molecule has 0 saturated heterocycles. The number of carbonyl (C=O) groups excluding carboxylic acids is 1. The van der Waals surface area contributed by atoms with Crippen molar-refractivity contribution in [2.75, 3.05) is 13.1 Å². The lowest BCUT2D eigenvalue weighted by Crippen LogP contribution is -2.36. The van der Waals surface area contributed by atoms with Crippen molar-refractivity contribution in [3.8, 4) is 12.3 Å². The van der Waals surface area contributed by atoms with Gasteiger partial charge in [-0.2, -0.15) is 0 Å². The lowest BCUT2D eigenvalue weighted by atomic mass is 9.94. The van der Waals surface area contributed by atoms with Crippen LogP contribution in [0.3, 0.4) is 0 Å². The number of carboxylic acid groups (broad SMARTS) is 1. The van der Waals surface area contributed by atoms with Gasteiger partial charge in [-0.25, -0.2) is 4.79 Å². The van der Waals surface area contributed by atoms with Gasteiger partial charge in [-0.1, -0.05) is 25.7 Å². The zero-order chi connectivity index (χ0) is 13.8. The molecule has 0 bridgehead atoms. The zero-order valence-corrected chi connectivity index (χ0v) is 10.9. The van der Waals surface area contributed by atoms with Gasteiger partial charge in [-0.3, -0.25) is 4.79 Å². The van der Waals surface area contributed by atoms with E-state index in [9.17, 15) is 9.59 Å². The minimum Gasteiger partial charge on any atom is -0.481 e. The van der Waals surface area contributed by atoms with Crippen molar-refractivity contribution in [1.29, 1.82) is 0 Å². The molecule has 1 atom stereocenters. The molecule has 0 saturated carbocycles. The first kappa shape index (κ1) is 16.3. The van der Waals surface area contributed by atoms with E-state index in [4.69, 9.17) is 11.5 Å². The third-order valence-electron chi connectivity index (χ3n) is 2.65. The molecule has 0 aromatic heterocycles. The second kappa shape index (κ2) is 10.5. The summed E-state index contributed by atoms with van der Waals surface area (Å²) in [5, 5.41) is 13.9. The van der Waals surface area contributed by atoms with Crippen LogP contribution in [0.2, 0.25) is 0 Å². The quantitative estimate of drug-likeness (QED) is 0.547. The average molecular weight is 254 g/mol. The van der Waals surface area contributed by atoms with Crippen molar-refractivity contribution >= 4 is 12.0 Å². The van der Waals surface area contributed by atoms with Gasteiger partial charge in [0, 0.05) is 13.0 Å². The van der Waals surface area contributed by atoms with Crippen molar-refractivity contribution in [2.45, 2.75) is 39.0 Å². The summed E-state index contributed by atoms with van der Waals surface area (Å²) in [5.41, 5.74) is 0. The number of urea groups is 1. The zero-order valence-electron chi connectivity index (χ0n) is 10.9. The van der Waals surface area contributed by atoms with E-state index in [0.29, 0.717) is 18.9 Å². The number of carboxylic acids is 1. The minimum atomic E-state index is -0.768. The van der Waals surface area contributed by atoms with E-state index >= 15 is 0 Å². The molecule has 0 aliphatic heterocycles. The van der Waals surface area contributed by atoms with Crippen LogP contribution >= 0.6 is 0 Å². The van der Waals surface area contributed by atoms with Crippen LogP contribution in [0.1, 0.15) is 39.0 Å². The molecule has 0 fully saturated rings. The summed E-state index contributed by atoms with van der Waals surface area (Å²) in [6.07, 6.45) is 8.67. The first-order valence-electron chi connectivity index (χ1n) is 6.27. The smallest absolute Gasteiger partial charge is 0.315 e. The highest BCUT2D eigenvalue weighted by atomic mass is 16.4. The lowest BCUT2D eigenvalue weighted by Gasteiger charge is -2.15. The van der Waals surface area contributed by atoms with E-state index < -0.39 is 5.97 Å². The maximum Gasteiger partial charge on any atom is 0.315 e. The average Bonchev–Trinajstić information content (AvgIpc) is 2.33. The monoisotopic (exact) mass is 254 g/mol. The Bertz CT molecular complexity index is 297. The first-order valence-corrected chi connectivity index (χ1v) is 6.27. The highest BCUT2D eigenvalue weighted by Gasteiger charge is 2.10. The second-order valence-electron chi connectivity index (χ2n) is 4.19. The van der Waals surface area contributed by atoms with Crippen molar-refractivity contribution in [2.24, 2.45) is 5.92 Å². The van der Waals surface area contributed by atoms with Crippen molar-refractivity contribution in [1.82, 2.24) is 10.6 Å². The van der Waals surface area contributed by atoms with E-state index in [0.717, 1.165) is 19.3 Å². The number of amides is 2. The van der Waals surface area contributed by atoms with Gasteiger partial charge in [0.05, 0.1) is 6.54 Å². The molecule has 0 radical (unpaired) electrons. The molecular weight excluding hydrogens is 232 g/mol. The van der Waals surface area contributed by atoms with E-state index in [1.165, 1.54) is 0 Å². The third-order valence-corrected chi connectivity index (χ3v) is 2.65. The van der Waals surface area contributed by atoms with Gasteiger partial charge in [0.1, 0.15) is 0 Å². The molecule has 1 unspecified atom stereocenters. The predicted octanol–water partition coefficient (Wildman–Crippen LogP) is 1.59. The summed E-state index contributed by atoms with van der Waals surface area (Å²) in [7, 11) is 0. The number of carbonyl (C=O) groups is 2. The molecule has 0 aliphatic rings. The summed E-state index contributed by atoms with van der Waals surface area (Å²) in [4.78, 5) is 21.7. The number of terminal acetylenes is 1. The minimum absolute atomic E-state index is 0.188. The molecule has 18 heavy (non-hydrogen) atoms. The van der Waals surface area contributed by atoms with Crippen LogP contribution in [-0.2, 0) is 4.79 Å². The highest BCUT2D eigenvalue weighted by Crippen LogP contribution is 2.16. The molecule has 0 aromatic carbocycles. The lowest BCUT2D eigenvalue weighted by molar-refractivity contribution is -0.137. The molecular formula is C13H22N2O3. The molecule has 2 amide bonds. The van der Waals surface area contributed by atoms with E-state index in [1.54, 1.807) is 0 Å². The molecule has 0 heterocycles. The number of nitrogens with one attached hydrogen (secondary N) is 2. The van der Waals surface area contributed by atoms with Crippen LogP contribution < -0.4 is 10.6 Å². The summed E-state index contributed by atoms with van der Waals surface area (Å²) >= 11 is 0. The van der Waals surface area contributed by atoms with Crippen molar-refractivity contribution < 1.29 is 14.7 Å². The topological polar surface area (TPSA) is 78.4 Å². The maximum atomic E-state index is 11.2. The molecule has 0 rings (SSSR count). The maximum absolute atomic E-state index is 11.2. The van der Waals surface area contributed by atoms with Gasteiger partial charge in [-0.15, -0.1) is 6.42 Å². The number of hydrogen-bond donors (Lipinski definition) is 3. The third kappa shape index (κ3) is 9.52. The molecule has 0 aromatic rings. The Morgan fingerprint density at radius 3 is 2.56 bits per heavy atom. The Morgan fingerprint density at radius 2 is 2.00 bits per heavy atom. The molecule has 0 spiro atoms. The van der Waals surface area contributed by atoms with Crippen molar-refractivity contribution in [3.05, 3.63) is 0 Å². The Labute approximate surface area is 108 Å². The summed E-state index contributed by atoms with van der Waals surface area (Å²) < 4.78 is 0. The predicted molar refractivity (Wildman–Crippen MR) is 70.1 cm³/mol. The van der Waals surface area contributed by atoms with Crippen LogP contribution in [0.15, 0.2) is 0 Å². The normalized spacial score (nSPS) is 11.3. The van der Waals surface area contributed by atoms with E-state index in [2.05, 4.69) is 23.5 Å². The number of rotatable bonds is 9. The Morgan fingerprint density at radius 1 is 1.28 bits per heavy atom. The standard InChI is InChI=1S/C13H22N2O3/c1-3-5-11(6-7-12(16)17)8-10-15-13(18)14-9-4-2/h2,11H,3,5-10H2,1H3,(H,16,17)(H2,14,15,18). The number of hydrogen-bond acceptors (Lipinski definition) is 2. The van der Waals surface area contributed by atoms with Gasteiger partial charge in [0.25, 0.3) is 0 Å². The van der Waals surface area contributed by atoms with Crippen LogP contribution in [-0.4, -0.2) is 30.2 Å². The van der Waals surface area contributed by atoms with Crippen LogP contribution in [0.4, 0.5) is 4.79 Å². The Hall–Kier alpha value is -1.70. The fourth-order valence-electron chi connectivity index (χ4n) is 1.75. The number of aliphatic carboxylic acids is 1.